The van der Waals surface area contributed by atoms with E-state index < -0.39 is 24.2 Å². The van der Waals surface area contributed by atoms with Gasteiger partial charge in [-0.05, 0) is 35.9 Å². The van der Waals surface area contributed by atoms with Crippen LogP contribution in [0.4, 0.5) is 13.2 Å². The maximum absolute atomic E-state index is 13.7. The first kappa shape index (κ1) is 20.9. The number of ether oxygens (including phenoxy) is 2. The van der Waals surface area contributed by atoms with Gasteiger partial charge in [0.15, 0.2) is 11.5 Å². The molecule has 1 atom stereocenters. The van der Waals surface area contributed by atoms with E-state index in [-0.39, 0.29) is 22.0 Å². The zero-order chi connectivity index (χ0) is 21.4. The molecule has 0 spiro atoms. The molecule has 0 radical (unpaired) electrons. The number of carbonyl (C=O) groups is 1. The van der Waals surface area contributed by atoms with Crippen molar-refractivity contribution in [2.45, 2.75) is 18.3 Å². The number of rotatable bonds is 4. The Labute approximate surface area is 169 Å². The van der Waals surface area contributed by atoms with Crippen molar-refractivity contribution in [1.29, 1.82) is 0 Å². The van der Waals surface area contributed by atoms with E-state index in [1.807, 2.05) is 0 Å². The number of hydrogen-bond donors (Lipinski definition) is 1. The number of benzene rings is 2. The molecular formula is C19H16ClF3N2O4. The average Bonchev–Trinajstić information content (AvgIpc) is 3.06. The second-order valence-electron chi connectivity index (χ2n) is 6.23. The van der Waals surface area contributed by atoms with Gasteiger partial charge in [0.2, 0.25) is 0 Å². The quantitative estimate of drug-likeness (QED) is 0.802. The molecule has 0 unspecified atom stereocenters. The fraction of sp³-hybridized carbons (Fsp3) is 0.263. The number of alkyl halides is 3. The lowest BCUT2D eigenvalue weighted by Crippen LogP contribution is -2.56. The zero-order valence-electron chi connectivity index (χ0n) is 15.3. The van der Waals surface area contributed by atoms with Crippen molar-refractivity contribution in [3.63, 3.8) is 0 Å². The van der Waals surface area contributed by atoms with E-state index in [2.05, 4.69) is 5.10 Å². The van der Waals surface area contributed by atoms with Gasteiger partial charge in [0.05, 0.1) is 26.4 Å². The minimum Gasteiger partial charge on any atom is -0.493 e. The van der Waals surface area contributed by atoms with Crippen LogP contribution in [0.25, 0.3) is 0 Å². The van der Waals surface area contributed by atoms with E-state index in [0.717, 1.165) is 0 Å². The number of halogens is 4. The molecule has 29 heavy (non-hydrogen) atoms. The van der Waals surface area contributed by atoms with Crippen molar-refractivity contribution in [2.24, 2.45) is 5.10 Å². The maximum atomic E-state index is 13.7. The Morgan fingerprint density at radius 2 is 1.76 bits per heavy atom. The summed E-state index contributed by atoms with van der Waals surface area (Å²) in [5.41, 5.74) is -3.45. The highest BCUT2D eigenvalue weighted by Gasteiger charge is 2.63. The number of carbonyl (C=O) groups excluding carboxylic acids is 1. The Morgan fingerprint density at radius 1 is 1.14 bits per heavy atom. The number of methoxy groups -OCH3 is 2. The normalized spacial score (nSPS) is 19.1. The molecule has 0 aromatic heterocycles. The standard InChI is InChI=1S/C19H16ClF3N2O4/c1-28-15-8-5-12(9-16(15)29-2)17(26)25-18(27,19(21,22)23)10-14(24-25)11-3-6-13(20)7-4-11/h3-9,27H,10H2,1-2H3/t18-/m0/s1. The van der Waals surface area contributed by atoms with Gasteiger partial charge < -0.3 is 14.6 Å². The van der Waals surface area contributed by atoms with Crippen LogP contribution in [0, 0.1) is 0 Å². The molecule has 0 saturated heterocycles. The number of hydrazone groups is 1. The van der Waals surface area contributed by atoms with Crippen LogP contribution in [-0.2, 0) is 0 Å². The molecule has 0 saturated carbocycles. The first-order chi connectivity index (χ1) is 13.6. The Hall–Kier alpha value is -2.78. The van der Waals surface area contributed by atoms with Gasteiger partial charge in [-0.15, -0.1) is 0 Å². The summed E-state index contributed by atoms with van der Waals surface area (Å²) in [6.07, 6.45) is -6.06. The van der Waals surface area contributed by atoms with Crippen LogP contribution >= 0.6 is 11.6 Å². The van der Waals surface area contributed by atoms with Crippen LogP contribution in [0.1, 0.15) is 22.3 Å². The summed E-state index contributed by atoms with van der Waals surface area (Å²) in [7, 11) is 2.70. The molecule has 1 aliphatic heterocycles. The Balaban J connectivity index is 2.05. The van der Waals surface area contributed by atoms with Crippen LogP contribution in [0.3, 0.4) is 0 Å². The smallest absolute Gasteiger partial charge is 0.438 e. The molecule has 2 aromatic carbocycles. The second kappa shape index (κ2) is 7.57. The van der Waals surface area contributed by atoms with Crippen molar-refractivity contribution in [2.75, 3.05) is 14.2 Å². The van der Waals surface area contributed by atoms with Crippen molar-refractivity contribution in [3.05, 3.63) is 58.6 Å². The van der Waals surface area contributed by atoms with E-state index in [0.29, 0.717) is 16.3 Å². The van der Waals surface area contributed by atoms with Gasteiger partial charge >= 0.3 is 6.18 Å². The van der Waals surface area contributed by atoms with Crippen LogP contribution < -0.4 is 9.47 Å². The summed E-state index contributed by atoms with van der Waals surface area (Å²) in [5, 5.41) is 14.7. The molecule has 1 amide bonds. The van der Waals surface area contributed by atoms with E-state index in [4.69, 9.17) is 21.1 Å². The van der Waals surface area contributed by atoms with Crippen LogP contribution in [0.2, 0.25) is 5.02 Å². The number of nitrogens with zero attached hydrogens (tertiary/aromatic N) is 2. The first-order valence-electron chi connectivity index (χ1n) is 8.30. The third-order valence-electron chi connectivity index (χ3n) is 4.44. The highest BCUT2D eigenvalue weighted by Crippen LogP contribution is 2.42. The molecule has 1 aliphatic rings. The molecule has 1 N–H and O–H groups in total. The molecule has 2 aromatic rings. The summed E-state index contributed by atoms with van der Waals surface area (Å²) in [6, 6.07) is 9.73. The van der Waals surface area contributed by atoms with E-state index in [1.165, 1.54) is 56.7 Å². The van der Waals surface area contributed by atoms with E-state index in [9.17, 15) is 23.1 Å². The van der Waals surface area contributed by atoms with Crippen molar-refractivity contribution in [3.8, 4) is 11.5 Å². The highest BCUT2D eigenvalue weighted by atomic mass is 35.5. The van der Waals surface area contributed by atoms with Gasteiger partial charge in [0.25, 0.3) is 11.6 Å². The molecule has 0 aliphatic carbocycles. The first-order valence-corrected chi connectivity index (χ1v) is 8.67. The molecule has 0 fully saturated rings. The summed E-state index contributed by atoms with van der Waals surface area (Å²) in [4.78, 5) is 12.8. The van der Waals surface area contributed by atoms with Crippen LogP contribution in [0.5, 0.6) is 11.5 Å². The summed E-state index contributed by atoms with van der Waals surface area (Å²) in [6.45, 7) is 0. The van der Waals surface area contributed by atoms with Gasteiger partial charge in [-0.3, -0.25) is 4.79 Å². The predicted molar refractivity (Wildman–Crippen MR) is 99.3 cm³/mol. The summed E-state index contributed by atoms with van der Waals surface area (Å²) >= 11 is 5.80. The Morgan fingerprint density at radius 3 is 2.31 bits per heavy atom. The number of amides is 1. The fourth-order valence-electron chi connectivity index (χ4n) is 2.87. The zero-order valence-corrected chi connectivity index (χ0v) is 16.1. The number of hydrogen-bond acceptors (Lipinski definition) is 5. The average molecular weight is 429 g/mol. The lowest BCUT2D eigenvalue weighted by atomic mass is 10.0. The molecule has 6 nitrogen and oxygen atoms in total. The maximum Gasteiger partial charge on any atom is 0.438 e. The van der Waals surface area contributed by atoms with Gasteiger partial charge in [-0.2, -0.15) is 23.3 Å². The number of aliphatic hydroxyl groups is 1. The summed E-state index contributed by atoms with van der Waals surface area (Å²) in [5.74, 6) is -0.702. The molecular weight excluding hydrogens is 413 g/mol. The van der Waals surface area contributed by atoms with E-state index >= 15 is 0 Å². The van der Waals surface area contributed by atoms with Gasteiger partial charge in [0.1, 0.15) is 0 Å². The second-order valence-corrected chi connectivity index (χ2v) is 6.67. The molecule has 154 valence electrons. The lowest BCUT2D eigenvalue weighted by Gasteiger charge is -2.32. The van der Waals surface area contributed by atoms with Crippen LogP contribution in [0.15, 0.2) is 47.6 Å². The third-order valence-corrected chi connectivity index (χ3v) is 4.69. The monoisotopic (exact) mass is 428 g/mol. The van der Waals surface area contributed by atoms with Gasteiger partial charge in [0, 0.05) is 10.6 Å². The minimum atomic E-state index is -5.14. The van der Waals surface area contributed by atoms with Crippen molar-refractivity contribution >= 4 is 23.2 Å². The fourth-order valence-corrected chi connectivity index (χ4v) is 3.00. The molecule has 10 heteroatoms. The van der Waals surface area contributed by atoms with E-state index in [1.54, 1.807) is 0 Å². The van der Waals surface area contributed by atoms with Gasteiger partial charge in [-0.25, -0.2) is 0 Å². The van der Waals surface area contributed by atoms with Crippen molar-refractivity contribution < 1.29 is 32.5 Å². The summed E-state index contributed by atoms with van der Waals surface area (Å²) < 4.78 is 51.3. The SMILES string of the molecule is COc1ccc(C(=O)N2N=C(c3ccc(Cl)cc3)C[C@]2(O)C(F)(F)F)cc1OC. The van der Waals surface area contributed by atoms with Crippen LogP contribution in [-0.4, -0.2) is 47.9 Å². The highest BCUT2D eigenvalue weighted by molar-refractivity contribution is 6.30. The largest absolute Gasteiger partial charge is 0.493 e. The minimum absolute atomic E-state index is 0.0538. The van der Waals surface area contributed by atoms with Crippen molar-refractivity contribution in [1.82, 2.24) is 5.01 Å². The predicted octanol–water partition coefficient (Wildman–Crippen LogP) is 3.86. The molecule has 0 bridgehead atoms. The lowest BCUT2D eigenvalue weighted by molar-refractivity contribution is -0.297. The Bertz CT molecular complexity index is 963. The molecule has 3 rings (SSSR count). The third kappa shape index (κ3) is 3.75. The topological polar surface area (TPSA) is 71.4 Å². The van der Waals surface area contributed by atoms with Gasteiger partial charge in [-0.1, -0.05) is 23.7 Å². The Kier molecular flexibility index (Phi) is 5.46. The molecule has 1 heterocycles.